The molecule has 68 heavy (non-hydrogen) atoms. The van der Waals surface area contributed by atoms with Crippen LogP contribution in [0.3, 0.4) is 0 Å². The van der Waals surface area contributed by atoms with Gasteiger partial charge in [-0.3, -0.25) is 14.4 Å². The topological polar surface area (TPSA) is 78.9 Å². The lowest BCUT2D eigenvalue weighted by molar-refractivity contribution is -0.167. The smallest absolute Gasteiger partial charge is 0.306 e. The van der Waals surface area contributed by atoms with Crippen molar-refractivity contribution in [2.45, 2.75) is 226 Å². The van der Waals surface area contributed by atoms with Crippen molar-refractivity contribution in [2.24, 2.45) is 0 Å². The van der Waals surface area contributed by atoms with Gasteiger partial charge in [0.1, 0.15) is 13.2 Å². The molecule has 1 unspecified atom stereocenters. The molecule has 6 heteroatoms. The maximum Gasteiger partial charge on any atom is 0.306 e. The van der Waals surface area contributed by atoms with E-state index in [-0.39, 0.29) is 44.0 Å². The summed E-state index contributed by atoms with van der Waals surface area (Å²) >= 11 is 0. The Kier molecular flexibility index (Phi) is 51.5. The fourth-order valence-electron chi connectivity index (χ4n) is 7.01. The molecule has 0 spiro atoms. The molecule has 0 aliphatic carbocycles. The zero-order valence-corrected chi connectivity index (χ0v) is 43.6. The molecule has 0 N–H and O–H groups in total. The zero-order chi connectivity index (χ0) is 49.3. The minimum absolute atomic E-state index is 0.118. The van der Waals surface area contributed by atoms with Gasteiger partial charge in [-0.05, 0) is 77.0 Å². The largest absolute Gasteiger partial charge is 0.462 e. The summed E-state index contributed by atoms with van der Waals surface area (Å²) in [5.41, 5.74) is 0. The standard InChI is InChI=1S/C62H98O6/c1-4-7-10-13-16-19-22-25-28-30-31-33-34-37-40-43-46-49-52-55-61(64)67-58-59(57-66-60(63)54-51-48-45-42-39-36-27-24-21-18-15-12-9-6-3)68-62(65)56-53-50-47-44-41-38-35-32-29-26-23-20-17-14-11-8-5-2/h7,10,13,16-17,19-20,22,25-26,28-31,33-35,37-38,40,44,47,59H,4-6,8-9,11-12,14-15,18,21,23-24,27,32,36,39,41-43,45-46,48-58H2,1-3H3/b10-7-,16-13-,20-17-,22-19-,28-25-,29-26-,31-30+,34-33-,38-35-,40-37-,47-44-. The van der Waals surface area contributed by atoms with Crippen LogP contribution >= 0.6 is 0 Å². The average Bonchev–Trinajstić information content (AvgIpc) is 3.34. The van der Waals surface area contributed by atoms with E-state index in [1.165, 1.54) is 96.3 Å². The Morgan fingerprint density at radius 2 is 0.647 bits per heavy atom. The van der Waals surface area contributed by atoms with Crippen LogP contribution in [-0.2, 0) is 28.6 Å². The Hall–Kier alpha value is -4.45. The third-order valence-corrected chi connectivity index (χ3v) is 11.1. The molecular weight excluding hydrogens is 841 g/mol. The normalized spacial score (nSPS) is 13.2. The molecule has 1 atom stereocenters. The summed E-state index contributed by atoms with van der Waals surface area (Å²) in [5, 5.41) is 0. The van der Waals surface area contributed by atoms with E-state index < -0.39 is 6.10 Å². The molecule has 0 amide bonds. The highest BCUT2D eigenvalue weighted by Gasteiger charge is 2.19. The molecule has 0 saturated heterocycles. The Morgan fingerprint density at radius 3 is 1.10 bits per heavy atom. The van der Waals surface area contributed by atoms with Crippen LogP contribution in [0, 0.1) is 0 Å². The van der Waals surface area contributed by atoms with Crippen molar-refractivity contribution in [3.63, 3.8) is 0 Å². The second-order valence-electron chi connectivity index (χ2n) is 17.6. The number of esters is 3. The molecule has 0 aliphatic rings. The average molecular weight is 939 g/mol. The van der Waals surface area contributed by atoms with Gasteiger partial charge in [0, 0.05) is 19.3 Å². The summed E-state index contributed by atoms with van der Waals surface area (Å²) in [6, 6.07) is 0. The van der Waals surface area contributed by atoms with Gasteiger partial charge in [-0.1, -0.05) is 257 Å². The van der Waals surface area contributed by atoms with E-state index in [4.69, 9.17) is 14.2 Å². The molecule has 0 aliphatic heterocycles. The summed E-state index contributed by atoms with van der Waals surface area (Å²) < 4.78 is 16.7. The van der Waals surface area contributed by atoms with Crippen molar-refractivity contribution in [1.29, 1.82) is 0 Å². The highest BCUT2D eigenvalue weighted by atomic mass is 16.6. The number of hydrogen-bond donors (Lipinski definition) is 0. The van der Waals surface area contributed by atoms with E-state index in [1.54, 1.807) is 0 Å². The third kappa shape index (κ3) is 52.5. The second-order valence-corrected chi connectivity index (χ2v) is 17.6. The summed E-state index contributed by atoms with van der Waals surface area (Å²) in [4.78, 5) is 38.1. The fraction of sp³-hybridized carbons (Fsp3) is 0.597. The van der Waals surface area contributed by atoms with E-state index in [1.807, 2.05) is 72.9 Å². The lowest BCUT2D eigenvalue weighted by Gasteiger charge is -2.18. The summed E-state index contributed by atoms with van der Waals surface area (Å²) in [7, 11) is 0. The lowest BCUT2D eigenvalue weighted by atomic mass is 10.0. The van der Waals surface area contributed by atoms with E-state index in [2.05, 4.69) is 81.5 Å². The predicted octanol–water partition coefficient (Wildman–Crippen LogP) is 18.3. The van der Waals surface area contributed by atoms with Crippen molar-refractivity contribution in [3.05, 3.63) is 134 Å². The lowest BCUT2D eigenvalue weighted by Crippen LogP contribution is -2.30. The van der Waals surface area contributed by atoms with Gasteiger partial charge >= 0.3 is 17.9 Å². The van der Waals surface area contributed by atoms with Gasteiger partial charge < -0.3 is 14.2 Å². The maximum atomic E-state index is 12.8. The quantitative estimate of drug-likeness (QED) is 0.0199. The van der Waals surface area contributed by atoms with Crippen LogP contribution in [0.25, 0.3) is 0 Å². The monoisotopic (exact) mass is 939 g/mol. The van der Waals surface area contributed by atoms with E-state index in [0.29, 0.717) is 19.3 Å². The SMILES string of the molecule is CC\C=C/C=C\C=C/C=C\C=C\C=C/C=C\CCCCCC(=O)OCC(COC(=O)CCCCCCCCCCCCCCCC)OC(=O)CCC/C=C\C/C=C\C/C=C\C/C=C\CCCCC. The first-order valence-corrected chi connectivity index (χ1v) is 27.3. The minimum Gasteiger partial charge on any atom is -0.462 e. The Morgan fingerprint density at radius 1 is 0.324 bits per heavy atom. The molecule has 0 radical (unpaired) electrons. The molecule has 0 aromatic carbocycles. The zero-order valence-electron chi connectivity index (χ0n) is 43.6. The molecule has 0 heterocycles. The van der Waals surface area contributed by atoms with Crippen LogP contribution in [0.15, 0.2) is 134 Å². The van der Waals surface area contributed by atoms with Crippen LogP contribution < -0.4 is 0 Å². The van der Waals surface area contributed by atoms with E-state index in [9.17, 15) is 14.4 Å². The number of hydrogen-bond acceptors (Lipinski definition) is 6. The number of carbonyl (C=O) groups excluding carboxylic acids is 3. The van der Waals surface area contributed by atoms with Gasteiger partial charge in [-0.15, -0.1) is 0 Å². The van der Waals surface area contributed by atoms with Crippen molar-refractivity contribution >= 4 is 17.9 Å². The van der Waals surface area contributed by atoms with E-state index in [0.717, 1.165) is 70.6 Å². The number of allylic oxidation sites excluding steroid dienone is 22. The van der Waals surface area contributed by atoms with Crippen LogP contribution in [0.1, 0.15) is 220 Å². The molecule has 0 saturated carbocycles. The molecule has 0 aromatic rings. The molecule has 0 fully saturated rings. The van der Waals surface area contributed by atoms with Gasteiger partial charge in [0.25, 0.3) is 0 Å². The first-order valence-electron chi connectivity index (χ1n) is 27.3. The van der Waals surface area contributed by atoms with Crippen molar-refractivity contribution in [2.75, 3.05) is 13.2 Å². The molecule has 0 bridgehead atoms. The number of rotatable bonds is 47. The Labute approximate surface area is 417 Å². The van der Waals surface area contributed by atoms with Gasteiger partial charge in [0.2, 0.25) is 0 Å². The first kappa shape index (κ1) is 63.5. The summed E-state index contributed by atoms with van der Waals surface area (Å²) in [6.07, 6.45) is 77.2. The molecule has 6 nitrogen and oxygen atoms in total. The Bertz CT molecular complexity index is 1500. The van der Waals surface area contributed by atoms with Crippen LogP contribution in [0.4, 0.5) is 0 Å². The Balaban J connectivity index is 4.60. The molecule has 0 aromatic heterocycles. The maximum absolute atomic E-state index is 12.8. The predicted molar refractivity (Wildman–Crippen MR) is 292 cm³/mol. The van der Waals surface area contributed by atoms with Gasteiger partial charge in [-0.2, -0.15) is 0 Å². The third-order valence-electron chi connectivity index (χ3n) is 11.1. The van der Waals surface area contributed by atoms with Crippen LogP contribution in [-0.4, -0.2) is 37.2 Å². The minimum atomic E-state index is -0.829. The van der Waals surface area contributed by atoms with Gasteiger partial charge in [0.15, 0.2) is 6.10 Å². The van der Waals surface area contributed by atoms with Gasteiger partial charge in [-0.25, -0.2) is 0 Å². The second kappa shape index (κ2) is 55.1. The summed E-state index contributed by atoms with van der Waals surface area (Å²) in [5.74, 6) is -1.03. The number of carbonyl (C=O) groups is 3. The molecule has 382 valence electrons. The highest BCUT2D eigenvalue weighted by molar-refractivity contribution is 5.71. The van der Waals surface area contributed by atoms with Crippen LogP contribution in [0.5, 0.6) is 0 Å². The first-order chi connectivity index (χ1) is 33.5. The van der Waals surface area contributed by atoms with Crippen molar-refractivity contribution in [3.8, 4) is 0 Å². The fourth-order valence-corrected chi connectivity index (χ4v) is 7.01. The van der Waals surface area contributed by atoms with Crippen LogP contribution in [0.2, 0.25) is 0 Å². The van der Waals surface area contributed by atoms with E-state index >= 15 is 0 Å². The summed E-state index contributed by atoms with van der Waals surface area (Å²) in [6.45, 7) is 6.37. The molecular formula is C62H98O6. The van der Waals surface area contributed by atoms with Gasteiger partial charge in [0.05, 0.1) is 0 Å². The van der Waals surface area contributed by atoms with Crippen molar-refractivity contribution in [1.82, 2.24) is 0 Å². The number of ether oxygens (including phenoxy) is 3. The van der Waals surface area contributed by atoms with Crippen molar-refractivity contribution < 1.29 is 28.6 Å². The highest BCUT2D eigenvalue weighted by Crippen LogP contribution is 2.14. The number of unbranched alkanes of at least 4 members (excludes halogenated alkanes) is 20. The molecule has 0 rings (SSSR count).